The van der Waals surface area contributed by atoms with Crippen molar-refractivity contribution in [2.75, 3.05) is 39.0 Å². The quantitative estimate of drug-likeness (QED) is 0.396. The van der Waals surface area contributed by atoms with E-state index in [1.165, 1.54) is 6.26 Å². The van der Waals surface area contributed by atoms with Gasteiger partial charge in [0.2, 0.25) is 6.79 Å². The molecule has 0 spiro atoms. The zero-order chi connectivity index (χ0) is 18.3. The van der Waals surface area contributed by atoms with Crippen molar-refractivity contribution in [3.05, 3.63) is 18.2 Å². The second-order valence-electron chi connectivity index (χ2n) is 5.83. The Morgan fingerprint density at radius 2 is 2.12 bits per heavy atom. The van der Waals surface area contributed by atoms with E-state index in [4.69, 9.17) is 14.2 Å². The normalized spacial score (nSPS) is 14.9. The van der Waals surface area contributed by atoms with Gasteiger partial charge in [-0.05, 0) is 25.5 Å². The van der Waals surface area contributed by atoms with Gasteiger partial charge in [-0.1, -0.05) is 0 Å². The molecule has 2 N–H and O–H groups in total. The largest absolute Gasteiger partial charge is 0.492 e. The molecule has 1 aliphatic heterocycles. The molecule has 1 aliphatic rings. The van der Waals surface area contributed by atoms with Crippen molar-refractivity contribution < 1.29 is 22.6 Å². The molecule has 140 valence electrons. The molecule has 0 aromatic heterocycles. The molecule has 0 saturated carbocycles. The zero-order valence-electron chi connectivity index (χ0n) is 14.7. The lowest BCUT2D eigenvalue weighted by Crippen LogP contribution is -2.44. The molecule has 0 amide bonds. The van der Waals surface area contributed by atoms with Crippen molar-refractivity contribution in [3.8, 4) is 17.2 Å². The molecule has 0 aliphatic carbocycles. The fourth-order valence-corrected chi connectivity index (χ4v) is 2.98. The Hall–Kier alpha value is -2.16. The van der Waals surface area contributed by atoms with Crippen molar-refractivity contribution in [3.63, 3.8) is 0 Å². The van der Waals surface area contributed by atoms with E-state index in [9.17, 15) is 8.42 Å². The predicted octanol–water partition coefficient (Wildman–Crippen LogP) is 0.782. The Labute approximate surface area is 148 Å². The lowest BCUT2D eigenvalue weighted by molar-refractivity contribution is 0.173. The van der Waals surface area contributed by atoms with Crippen LogP contribution in [0, 0.1) is 0 Å². The van der Waals surface area contributed by atoms with Gasteiger partial charge in [0.25, 0.3) is 0 Å². The number of sulfone groups is 1. The summed E-state index contributed by atoms with van der Waals surface area (Å²) >= 11 is 0. The number of hydrogen-bond acceptors (Lipinski definition) is 6. The van der Waals surface area contributed by atoms with Gasteiger partial charge in [-0.3, -0.25) is 4.99 Å². The summed E-state index contributed by atoms with van der Waals surface area (Å²) in [7, 11) is -1.29. The summed E-state index contributed by atoms with van der Waals surface area (Å²) in [5.41, 5.74) is 0. The summed E-state index contributed by atoms with van der Waals surface area (Å²) in [4.78, 5) is 4.12. The van der Waals surface area contributed by atoms with Crippen LogP contribution in [0.25, 0.3) is 0 Å². The van der Waals surface area contributed by atoms with Crippen molar-refractivity contribution >= 4 is 15.8 Å². The summed E-state index contributed by atoms with van der Waals surface area (Å²) < 4.78 is 38.6. The minimum Gasteiger partial charge on any atom is -0.492 e. The standard InChI is InChI=1S/C16H25N3O5S/c1-12(6-9-25(3,20)21)19-16(17-2)18-7-8-22-13-4-5-14-15(10-13)24-11-23-14/h4-5,10,12H,6-9,11H2,1-3H3,(H2,17,18,19). The van der Waals surface area contributed by atoms with E-state index in [-0.39, 0.29) is 18.6 Å². The fraction of sp³-hybridized carbons (Fsp3) is 0.562. The summed E-state index contributed by atoms with van der Waals surface area (Å²) in [5, 5.41) is 6.28. The van der Waals surface area contributed by atoms with E-state index in [1.54, 1.807) is 13.1 Å². The highest BCUT2D eigenvalue weighted by molar-refractivity contribution is 7.90. The molecule has 25 heavy (non-hydrogen) atoms. The van der Waals surface area contributed by atoms with E-state index in [0.717, 1.165) is 5.75 Å². The van der Waals surface area contributed by atoms with Gasteiger partial charge >= 0.3 is 0 Å². The highest BCUT2D eigenvalue weighted by Gasteiger charge is 2.13. The monoisotopic (exact) mass is 371 g/mol. The Balaban J connectivity index is 1.69. The zero-order valence-corrected chi connectivity index (χ0v) is 15.6. The summed E-state index contributed by atoms with van der Waals surface area (Å²) in [6, 6.07) is 5.43. The van der Waals surface area contributed by atoms with Gasteiger partial charge in [-0.2, -0.15) is 0 Å². The van der Waals surface area contributed by atoms with Gasteiger partial charge in [0, 0.05) is 25.4 Å². The molecule has 2 rings (SSSR count). The van der Waals surface area contributed by atoms with Crippen LogP contribution >= 0.6 is 0 Å². The molecule has 0 fully saturated rings. The minimum absolute atomic E-state index is 0.00398. The van der Waals surface area contributed by atoms with Crippen LogP contribution in [-0.4, -0.2) is 59.4 Å². The first-order valence-electron chi connectivity index (χ1n) is 8.05. The third-order valence-electron chi connectivity index (χ3n) is 3.54. The van der Waals surface area contributed by atoms with Crippen LogP contribution in [0.4, 0.5) is 0 Å². The fourth-order valence-electron chi connectivity index (χ4n) is 2.20. The average molecular weight is 371 g/mol. The molecule has 1 aromatic carbocycles. The number of guanidine groups is 1. The van der Waals surface area contributed by atoms with Crippen LogP contribution in [-0.2, 0) is 9.84 Å². The third kappa shape index (κ3) is 6.69. The Morgan fingerprint density at radius 3 is 2.84 bits per heavy atom. The molecule has 0 radical (unpaired) electrons. The third-order valence-corrected chi connectivity index (χ3v) is 4.51. The maximum absolute atomic E-state index is 11.2. The molecule has 0 saturated heterocycles. The number of rotatable bonds is 8. The molecule has 1 heterocycles. The van der Waals surface area contributed by atoms with Gasteiger partial charge in [0.15, 0.2) is 17.5 Å². The van der Waals surface area contributed by atoms with Crippen molar-refractivity contribution in [1.82, 2.24) is 10.6 Å². The summed E-state index contributed by atoms with van der Waals surface area (Å²) in [6.45, 7) is 3.14. The Morgan fingerprint density at radius 1 is 1.36 bits per heavy atom. The van der Waals surface area contributed by atoms with Crippen LogP contribution in [0.15, 0.2) is 23.2 Å². The van der Waals surface area contributed by atoms with E-state index < -0.39 is 9.84 Å². The number of benzene rings is 1. The number of nitrogens with one attached hydrogen (secondary N) is 2. The second-order valence-corrected chi connectivity index (χ2v) is 8.09. The summed E-state index contributed by atoms with van der Waals surface area (Å²) in [5.74, 6) is 2.86. The minimum atomic E-state index is -2.96. The first-order chi connectivity index (χ1) is 11.9. The van der Waals surface area contributed by atoms with Gasteiger partial charge in [-0.15, -0.1) is 0 Å². The predicted molar refractivity (Wildman–Crippen MR) is 96.3 cm³/mol. The van der Waals surface area contributed by atoms with E-state index in [1.807, 2.05) is 19.1 Å². The maximum Gasteiger partial charge on any atom is 0.231 e. The summed E-state index contributed by atoms with van der Waals surface area (Å²) in [6.07, 6.45) is 1.76. The molecular weight excluding hydrogens is 346 g/mol. The van der Waals surface area contributed by atoms with Crippen LogP contribution in [0.3, 0.4) is 0 Å². The molecular formula is C16H25N3O5S. The number of hydrogen-bond donors (Lipinski definition) is 2. The smallest absolute Gasteiger partial charge is 0.231 e. The number of fused-ring (bicyclic) bond motifs is 1. The second kappa shape index (κ2) is 8.80. The molecule has 9 heteroatoms. The maximum atomic E-state index is 11.2. The lowest BCUT2D eigenvalue weighted by atomic mass is 10.3. The van der Waals surface area contributed by atoms with Crippen LogP contribution in [0.2, 0.25) is 0 Å². The average Bonchev–Trinajstić information content (AvgIpc) is 3.02. The SMILES string of the molecule is CN=C(NCCOc1ccc2c(c1)OCO2)NC(C)CCS(C)(=O)=O. The Kier molecular flexibility index (Phi) is 6.74. The lowest BCUT2D eigenvalue weighted by Gasteiger charge is -2.17. The topological polar surface area (TPSA) is 98.2 Å². The van der Waals surface area contributed by atoms with E-state index >= 15 is 0 Å². The van der Waals surface area contributed by atoms with Gasteiger partial charge in [-0.25, -0.2) is 8.42 Å². The van der Waals surface area contributed by atoms with Crippen molar-refractivity contribution in [2.24, 2.45) is 4.99 Å². The van der Waals surface area contributed by atoms with Gasteiger partial charge in [0.05, 0.1) is 12.3 Å². The Bertz CT molecular complexity index is 706. The highest BCUT2D eigenvalue weighted by Crippen LogP contribution is 2.34. The molecule has 1 aromatic rings. The van der Waals surface area contributed by atoms with Crippen LogP contribution in [0.5, 0.6) is 17.2 Å². The highest BCUT2D eigenvalue weighted by atomic mass is 32.2. The number of nitrogens with zero attached hydrogens (tertiary/aromatic N) is 1. The van der Waals surface area contributed by atoms with Gasteiger partial charge in [0.1, 0.15) is 22.2 Å². The first-order valence-corrected chi connectivity index (χ1v) is 10.1. The molecule has 1 atom stereocenters. The van der Waals surface area contributed by atoms with E-state index in [2.05, 4.69) is 15.6 Å². The van der Waals surface area contributed by atoms with Crippen LogP contribution in [0.1, 0.15) is 13.3 Å². The van der Waals surface area contributed by atoms with Gasteiger partial charge < -0.3 is 24.8 Å². The van der Waals surface area contributed by atoms with Crippen molar-refractivity contribution in [1.29, 1.82) is 0 Å². The molecule has 8 nitrogen and oxygen atoms in total. The van der Waals surface area contributed by atoms with Crippen molar-refractivity contribution in [2.45, 2.75) is 19.4 Å². The first kappa shape index (κ1) is 19.2. The van der Waals surface area contributed by atoms with Crippen LogP contribution < -0.4 is 24.8 Å². The number of ether oxygens (including phenoxy) is 3. The number of aliphatic imine (C=N–C) groups is 1. The molecule has 1 unspecified atom stereocenters. The van der Waals surface area contributed by atoms with E-state index in [0.29, 0.717) is 37.0 Å². The molecule has 0 bridgehead atoms.